The summed E-state index contributed by atoms with van der Waals surface area (Å²) in [7, 11) is -3.88. The van der Waals surface area contributed by atoms with E-state index in [4.69, 9.17) is 28.7 Å². The molecule has 0 aliphatic heterocycles. The van der Waals surface area contributed by atoms with Gasteiger partial charge in [0, 0.05) is 18.7 Å². The second-order valence-electron chi connectivity index (χ2n) is 11.9. The summed E-state index contributed by atoms with van der Waals surface area (Å²) in [5.41, 5.74) is -1.85. The van der Waals surface area contributed by atoms with Gasteiger partial charge in [0.25, 0.3) is 0 Å². The first-order chi connectivity index (χ1) is 19.3. The minimum atomic E-state index is -3.88. The topological polar surface area (TPSA) is 166 Å². The van der Waals surface area contributed by atoms with E-state index in [1.54, 1.807) is 61.5 Å². The van der Waals surface area contributed by atoms with Crippen molar-refractivity contribution in [2.45, 2.75) is 131 Å². The summed E-state index contributed by atoms with van der Waals surface area (Å²) in [5, 5.41) is 14.2. The lowest BCUT2D eigenvalue weighted by atomic mass is 9.91. The lowest BCUT2D eigenvalue weighted by molar-refractivity contribution is -0.122. The molecule has 1 aliphatic rings. The Balaban J connectivity index is 3.86. The standard InChI is InChI=1S/C28H51N4O9P/c1-12-19(13-2)39-22-17-20(42(36,37-14-3)38-15-4)16-21(23(22)30-18(5)33)32(26(35)41-28(9,10)11)24(29)31-25(34)40-27(6,7)8/h17,19,21-23H,12-16H2,1-11H3,(H,30,33)(H2,29,31,34)/t21-,22+,23+/m0/s1. The predicted octanol–water partition coefficient (Wildman–Crippen LogP) is 5.68. The average Bonchev–Trinajstić information content (AvgIpc) is 2.81. The molecule has 3 amide bonds. The summed E-state index contributed by atoms with van der Waals surface area (Å²) in [6.45, 7) is 18.7. The highest BCUT2D eigenvalue weighted by atomic mass is 31.2. The lowest BCUT2D eigenvalue weighted by Gasteiger charge is -2.44. The zero-order chi connectivity index (χ0) is 32.5. The van der Waals surface area contributed by atoms with Crippen LogP contribution < -0.4 is 10.6 Å². The Morgan fingerprint density at radius 2 is 1.52 bits per heavy atom. The number of hydrogen-bond acceptors (Lipinski definition) is 10. The molecule has 3 atom stereocenters. The molecular weight excluding hydrogens is 567 g/mol. The Morgan fingerprint density at radius 1 is 1.00 bits per heavy atom. The van der Waals surface area contributed by atoms with Crippen LogP contribution in [0.5, 0.6) is 0 Å². The Morgan fingerprint density at radius 3 is 1.95 bits per heavy atom. The fourth-order valence-electron chi connectivity index (χ4n) is 4.32. The number of nitrogens with zero attached hydrogens (tertiary/aromatic N) is 1. The van der Waals surface area contributed by atoms with E-state index in [0.29, 0.717) is 12.8 Å². The molecule has 3 N–H and O–H groups in total. The van der Waals surface area contributed by atoms with Gasteiger partial charge in [-0.15, -0.1) is 0 Å². The van der Waals surface area contributed by atoms with Crippen LogP contribution >= 0.6 is 7.60 Å². The fraction of sp³-hybridized carbons (Fsp3) is 0.786. The molecule has 0 unspecified atom stereocenters. The molecule has 0 fully saturated rings. The molecule has 0 radical (unpaired) electrons. The van der Waals surface area contributed by atoms with Gasteiger partial charge >= 0.3 is 19.8 Å². The van der Waals surface area contributed by atoms with Gasteiger partial charge in [-0.05, 0) is 74.3 Å². The molecule has 0 spiro atoms. The molecule has 14 heteroatoms. The van der Waals surface area contributed by atoms with Crippen molar-refractivity contribution in [1.82, 2.24) is 15.5 Å². The number of ether oxygens (including phenoxy) is 3. The molecule has 0 bridgehead atoms. The number of carbonyl (C=O) groups is 3. The number of carbonyl (C=O) groups excluding carboxylic acids is 3. The SMILES string of the molecule is CCOP(=O)(OCC)C1=C[C@@H](OC(CC)CC)[C@H](NC(C)=O)[C@@H](N(C(=N)NC(=O)OC(C)(C)C)C(=O)OC(C)(C)C)C1. The monoisotopic (exact) mass is 618 g/mol. The molecule has 0 aromatic rings. The van der Waals surface area contributed by atoms with Gasteiger partial charge in [-0.25, -0.2) is 14.5 Å². The van der Waals surface area contributed by atoms with E-state index in [1.165, 1.54) is 6.92 Å². The highest BCUT2D eigenvalue weighted by molar-refractivity contribution is 7.58. The Kier molecular flexibility index (Phi) is 14.2. The first-order valence-corrected chi connectivity index (χ1v) is 16.0. The van der Waals surface area contributed by atoms with E-state index < -0.39 is 61.0 Å². The van der Waals surface area contributed by atoms with Crippen molar-refractivity contribution in [3.63, 3.8) is 0 Å². The largest absolute Gasteiger partial charge is 0.444 e. The van der Waals surface area contributed by atoms with Crippen molar-refractivity contribution < 1.29 is 42.2 Å². The van der Waals surface area contributed by atoms with Gasteiger partial charge in [-0.2, -0.15) is 0 Å². The maximum Gasteiger partial charge on any atom is 0.417 e. The van der Waals surface area contributed by atoms with Crippen LogP contribution in [0.1, 0.15) is 95.4 Å². The van der Waals surface area contributed by atoms with E-state index in [1.807, 2.05) is 13.8 Å². The predicted molar refractivity (Wildman–Crippen MR) is 159 cm³/mol. The van der Waals surface area contributed by atoms with Crippen LogP contribution in [0.4, 0.5) is 9.59 Å². The first-order valence-electron chi connectivity index (χ1n) is 14.4. The number of nitrogens with one attached hydrogen (secondary N) is 3. The summed E-state index contributed by atoms with van der Waals surface area (Å²) in [6, 6.07) is -2.04. The molecular formula is C28H51N4O9P. The quantitative estimate of drug-likeness (QED) is 0.150. The van der Waals surface area contributed by atoms with Crippen molar-refractivity contribution in [3.05, 3.63) is 11.4 Å². The van der Waals surface area contributed by atoms with Crippen LogP contribution in [0.2, 0.25) is 0 Å². The summed E-state index contributed by atoms with van der Waals surface area (Å²) in [6.07, 6.45) is -0.335. The van der Waals surface area contributed by atoms with Crippen LogP contribution in [-0.2, 0) is 32.6 Å². The Bertz CT molecular complexity index is 1020. The van der Waals surface area contributed by atoms with Gasteiger partial charge in [0.15, 0.2) is 0 Å². The fourth-order valence-corrected chi connectivity index (χ4v) is 6.15. The Hall–Kier alpha value is -2.47. The maximum atomic E-state index is 14.0. The number of alkyl carbamates (subject to hydrolysis) is 1. The van der Waals surface area contributed by atoms with E-state index in [0.717, 1.165) is 4.90 Å². The second kappa shape index (κ2) is 15.8. The van der Waals surface area contributed by atoms with Crippen LogP contribution in [0, 0.1) is 5.41 Å². The van der Waals surface area contributed by atoms with Gasteiger partial charge in [0.05, 0.1) is 37.5 Å². The van der Waals surface area contributed by atoms with Crippen molar-refractivity contribution in [1.29, 1.82) is 5.41 Å². The van der Waals surface area contributed by atoms with Crippen LogP contribution in [0.3, 0.4) is 0 Å². The van der Waals surface area contributed by atoms with Crippen LogP contribution in [-0.4, -0.2) is 77.7 Å². The van der Waals surface area contributed by atoms with Crippen molar-refractivity contribution in [2.24, 2.45) is 0 Å². The normalized spacial score (nSPS) is 19.5. The number of amides is 3. The second-order valence-corrected chi connectivity index (χ2v) is 13.9. The van der Waals surface area contributed by atoms with E-state index in [2.05, 4.69) is 10.6 Å². The first kappa shape index (κ1) is 37.6. The van der Waals surface area contributed by atoms with Gasteiger partial charge in [0.1, 0.15) is 11.2 Å². The minimum absolute atomic E-state index is 0.0816. The number of guanidine groups is 1. The van der Waals surface area contributed by atoms with E-state index >= 15 is 0 Å². The molecule has 0 aromatic heterocycles. The summed E-state index contributed by atoms with van der Waals surface area (Å²) in [4.78, 5) is 39.8. The maximum absolute atomic E-state index is 14.0. The van der Waals surface area contributed by atoms with Crippen molar-refractivity contribution >= 4 is 31.6 Å². The zero-order valence-corrected chi connectivity index (χ0v) is 27.9. The molecule has 42 heavy (non-hydrogen) atoms. The van der Waals surface area contributed by atoms with E-state index in [9.17, 15) is 18.9 Å². The van der Waals surface area contributed by atoms with Gasteiger partial charge < -0.3 is 28.6 Å². The molecule has 13 nitrogen and oxygen atoms in total. The molecule has 0 heterocycles. The third-order valence-corrected chi connectivity index (χ3v) is 8.14. The van der Waals surface area contributed by atoms with Crippen molar-refractivity contribution in [2.75, 3.05) is 13.2 Å². The minimum Gasteiger partial charge on any atom is -0.444 e. The van der Waals surface area contributed by atoms with Crippen LogP contribution in [0.25, 0.3) is 0 Å². The third-order valence-electron chi connectivity index (χ3n) is 5.91. The summed E-state index contributed by atoms with van der Waals surface area (Å²) in [5.74, 6) is -1.09. The molecule has 0 saturated heterocycles. The molecule has 0 saturated carbocycles. The molecule has 1 aliphatic carbocycles. The van der Waals surface area contributed by atoms with Gasteiger partial charge in [0.2, 0.25) is 11.9 Å². The summed E-state index contributed by atoms with van der Waals surface area (Å²) < 4.78 is 42.6. The highest BCUT2D eigenvalue weighted by Crippen LogP contribution is 2.59. The third kappa shape index (κ3) is 11.7. The number of hydrogen-bond donors (Lipinski definition) is 3. The zero-order valence-electron chi connectivity index (χ0n) is 27.0. The molecule has 1 rings (SSSR count). The number of rotatable bonds is 11. The summed E-state index contributed by atoms with van der Waals surface area (Å²) >= 11 is 0. The highest BCUT2D eigenvalue weighted by Gasteiger charge is 2.48. The van der Waals surface area contributed by atoms with E-state index in [-0.39, 0.29) is 31.1 Å². The van der Waals surface area contributed by atoms with Gasteiger partial charge in [-0.3, -0.25) is 20.1 Å². The van der Waals surface area contributed by atoms with Crippen molar-refractivity contribution in [3.8, 4) is 0 Å². The average molecular weight is 619 g/mol. The van der Waals surface area contributed by atoms with Crippen LogP contribution in [0.15, 0.2) is 11.4 Å². The molecule has 242 valence electrons. The smallest absolute Gasteiger partial charge is 0.417 e. The molecule has 0 aromatic carbocycles. The lowest BCUT2D eigenvalue weighted by Crippen LogP contribution is -2.64. The Labute approximate surface area is 250 Å². The van der Waals surface area contributed by atoms with Gasteiger partial charge in [-0.1, -0.05) is 13.8 Å².